The van der Waals surface area contributed by atoms with Gasteiger partial charge in [0.05, 0.1) is 12.0 Å². The summed E-state index contributed by atoms with van der Waals surface area (Å²) in [6.07, 6.45) is 4.92. The molecule has 2 heterocycles. The van der Waals surface area contributed by atoms with E-state index in [-0.39, 0.29) is 5.56 Å². The summed E-state index contributed by atoms with van der Waals surface area (Å²) in [6.45, 7) is 7.08. The van der Waals surface area contributed by atoms with Gasteiger partial charge in [0.2, 0.25) is 0 Å². The predicted molar refractivity (Wildman–Crippen MR) is 123 cm³/mol. The molecule has 1 aromatic carbocycles. The van der Waals surface area contributed by atoms with Crippen molar-refractivity contribution in [3.8, 4) is 5.75 Å². The quantitative estimate of drug-likeness (QED) is 0.205. The lowest BCUT2D eigenvalue weighted by Crippen LogP contribution is -2.23. The van der Waals surface area contributed by atoms with E-state index < -0.39 is 0 Å². The number of hydrogen-bond donors (Lipinski definition) is 0. The Bertz CT molecular complexity index is 1090. The zero-order chi connectivity index (χ0) is 20.4. The first-order valence-electron chi connectivity index (χ1n) is 9.74. The molecule has 4 nitrogen and oxygen atoms in total. The maximum atomic E-state index is 13.3. The Balaban J connectivity index is 1.56. The van der Waals surface area contributed by atoms with Crippen LogP contribution in [0, 0.1) is 5.92 Å². The third-order valence-electron chi connectivity index (χ3n) is 5.09. The summed E-state index contributed by atoms with van der Waals surface area (Å²) >= 11 is 9.13. The van der Waals surface area contributed by atoms with Crippen molar-refractivity contribution in [1.82, 2.24) is 9.55 Å². The van der Waals surface area contributed by atoms with Crippen molar-refractivity contribution in [3.63, 3.8) is 0 Å². The van der Waals surface area contributed by atoms with Gasteiger partial charge in [0.25, 0.3) is 5.56 Å². The van der Waals surface area contributed by atoms with Gasteiger partial charge in [-0.15, -0.1) is 17.9 Å². The highest BCUT2D eigenvalue weighted by Gasteiger charge is 2.24. The number of ether oxygens (including phenoxy) is 1. The van der Waals surface area contributed by atoms with Crippen molar-refractivity contribution >= 4 is 44.9 Å². The Kier molecular flexibility index (Phi) is 6.32. The lowest BCUT2D eigenvalue weighted by molar-refractivity contribution is 0.344. The number of aryl methyl sites for hydroxylation is 1. The van der Waals surface area contributed by atoms with Crippen LogP contribution in [0.5, 0.6) is 5.75 Å². The van der Waals surface area contributed by atoms with E-state index in [2.05, 4.69) is 13.5 Å². The molecule has 0 saturated heterocycles. The van der Waals surface area contributed by atoms with Crippen LogP contribution >= 0.6 is 34.7 Å². The van der Waals surface area contributed by atoms with Crippen molar-refractivity contribution in [1.29, 1.82) is 0 Å². The van der Waals surface area contributed by atoms with Gasteiger partial charge in [-0.3, -0.25) is 9.36 Å². The largest absolute Gasteiger partial charge is 0.493 e. The lowest BCUT2D eigenvalue weighted by atomic mass is 9.89. The third kappa shape index (κ3) is 4.39. The molecule has 0 radical (unpaired) electrons. The van der Waals surface area contributed by atoms with E-state index in [1.165, 1.54) is 10.4 Å². The normalized spacial score (nSPS) is 16.0. The maximum absolute atomic E-state index is 13.3. The monoisotopic (exact) mass is 446 g/mol. The van der Waals surface area contributed by atoms with Crippen LogP contribution in [0.25, 0.3) is 10.2 Å². The number of aromatic nitrogens is 2. The maximum Gasteiger partial charge on any atom is 0.263 e. The van der Waals surface area contributed by atoms with Gasteiger partial charge in [-0.1, -0.05) is 36.4 Å². The minimum atomic E-state index is 0.0584. The first kappa shape index (κ1) is 20.5. The van der Waals surface area contributed by atoms with Gasteiger partial charge in [-0.05, 0) is 55.0 Å². The van der Waals surface area contributed by atoms with E-state index in [0.717, 1.165) is 40.4 Å². The molecule has 0 saturated carbocycles. The minimum Gasteiger partial charge on any atom is -0.493 e. The fraction of sp³-hybridized carbons (Fsp3) is 0.364. The summed E-state index contributed by atoms with van der Waals surface area (Å²) in [5.74, 6) is 2.14. The third-order valence-corrected chi connectivity index (χ3v) is 7.43. The molecular weight excluding hydrogens is 424 g/mol. The van der Waals surface area contributed by atoms with Crippen LogP contribution in [0.4, 0.5) is 0 Å². The first-order valence-corrected chi connectivity index (χ1v) is 11.9. The molecular formula is C22H23ClN2O2S2. The Hall–Kier alpha value is -1.76. The number of nitrogens with zero attached hydrogens (tertiary/aromatic N) is 2. The predicted octanol–water partition coefficient (Wildman–Crippen LogP) is 5.59. The van der Waals surface area contributed by atoms with Crippen LogP contribution in [-0.4, -0.2) is 21.9 Å². The van der Waals surface area contributed by atoms with Gasteiger partial charge in [-0.2, -0.15) is 0 Å². The first-order chi connectivity index (χ1) is 14.1. The fourth-order valence-electron chi connectivity index (χ4n) is 3.63. The smallest absolute Gasteiger partial charge is 0.263 e. The Morgan fingerprint density at radius 1 is 1.41 bits per heavy atom. The highest BCUT2D eigenvalue weighted by Crippen LogP contribution is 2.36. The van der Waals surface area contributed by atoms with Gasteiger partial charge in [-0.25, -0.2) is 4.98 Å². The molecule has 0 spiro atoms. The van der Waals surface area contributed by atoms with Crippen molar-refractivity contribution < 1.29 is 4.74 Å². The van der Waals surface area contributed by atoms with Crippen LogP contribution in [0.2, 0.25) is 5.02 Å². The molecule has 0 N–H and O–H groups in total. The topological polar surface area (TPSA) is 44.1 Å². The average molecular weight is 447 g/mol. The molecule has 2 aromatic heterocycles. The van der Waals surface area contributed by atoms with E-state index in [4.69, 9.17) is 21.3 Å². The van der Waals surface area contributed by atoms with Crippen LogP contribution < -0.4 is 10.3 Å². The molecule has 1 unspecified atom stereocenters. The SMILES string of the molecule is C=CCn1c(SCCOc2ccc(Cl)cc2)nc2sc3c(c2c1=O)CCC(C)C3. The molecule has 0 aliphatic heterocycles. The van der Waals surface area contributed by atoms with Crippen molar-refractivity contribution in [3.05, 3.63) is 62.7 Å². The van der Waals surface area contributed by atoms with E-state index >= 15 is 0 Å². The zero-order valence-electron chi connectivity index (χ0n) is 16.3. The van der Waals surface area contributed by atoms with E-state index in [1.54, 1.807) is 45.9 Å². The Morgan fingerprint density at radius 2 is 2.21 bits per heavy atom. The van der Waals surface area contributed by atoms with Crippen LogP contribution in [0.15, 0.2) is 46.9 Å². The average Bonchev–Trinajstić information content (AvgIpc) is 3.06. The van der Waals surface area contributed by atoms with Gasteiger partial charge >= 0.3 is 0 Å². The van der Waals surface area contributed by atoms with Gasteiger partial charge in [0.1, 0.15) is 10.6 Å². The number of halogens is 1. The second kappa shape index (κ2) is 8.94. The summed E-state index contributed by atoms with van der Waals surface area (Å²) in [4.78, 5) is 20.3. The molecule has 4 rings (SSSR count). The molecule has 29 heavy (non-hydrogen) atoms. The summed E-state index contributed by atoms with van der Waals surface area (Å²) in [6, 6.07) is 7.31. The van der Waals surface area contributed by atoms with Gasteiger partial charge < -0.3 is 4.74 Å². The zero-order valence-corrected chi connectivity index (χ0v) is 18.7. The highest BCUT2D eigenvalue weighted by molar-refractivity contribution is 7.99. The molecule has 0 amide bonds. The summed E-state index contributed by atoms with van der Waals surface area (Å²) in [7, 11) is 0. The second-order valence-electron chi connectivity index (χ2n) is 7.28. The lowest BCUT2D eigenvalue weighted by Gasteiger charge is -2.17. The molecule has 3 aromatic rings. The van der Waals surface area contributed by atoms with Crippen molar-refractivity contribution in [2.75, 3.05) is 12.4 Å². The number of fused-ring (bicyclic) bond motifs is 3. The van der Waals surface area contributed by atoms with Gasteiger partial charge in [0.15, 0.2) is 5.16 Å². The molecule has 7 heteroatoms. The molecule has 0 fully saturated rings. The Labute approximate surface area is 183 Å². The van der Waals surface area contributed by atoms with Crippen LogP contribution in [0.3, 0.4) is 0 Å². The molecule has 1 aliphatic carbocycles. The van der Waals surface area contributed by atoms with Crippen LogP contribution in [-0.2, 0) is 19.4 Å². The fourth-order valence-corrected chi connectivity index (χ4v) is 6.00. The standard InChI is InChI=1S/C22H23ClN2O2S2/c1-3-10-25-21(26)19-17-9-4-14(2)13-18(17)29-20(19)24-22(25)28-12-11-27-16-7-5-15(23)6-8-16/h3,5-8,14H,1,4,9-13H2,2H3. The second-order valence-corrected chi connectivity index (χ2v) is 9.86. The highest BCUT2D eigenvalue weighted by atomic mass is 35.5. The van der Waals surface area contributed by atoms with Crippen LogP contribution in [0.1, 0.15) is 23.8 Å². The summed E-state index contributed by atoms with van der Waals surface area (Å²) < 4.78 is 7.51. The van der Waals surface area contributed by atoms with E-state index in [1.807, 2.05) is 12.1 Å². The molecule has 0 bridgehead atoms. The summed E-state index contributed by atoms with van der Waals surface area (Å²) in [5.41, 5.74) is 1.28. The molecule has 152 valence electrons. The number of thioether (sulfide) groups is 1. The van der Waals surface area contributed by atoms with E-state index in [9.17, 15) is 4.79 Å². The number of allylic oxidation sites excluding steroid dienone is 1. The Morgan fingerprint density at radius 3 is 2.97 bits per heavy atom. The van der Waals surface area contributed by atoms with Gasteiger partial charge in [0, 0.05) is 22.2 Å². The molecule has 1 aliphatic rings. The minimum absolute atomic E-state index is 0.0584. The summed E-state index contributed by atoms with van der Waals surface area (Å²) in [5, 5.41) is 2.24. The van der Waals surface area contributed by atoms with Crippen molar-refractivity contribution in [2.45, 2.75) is 37.9 Å². The molecule has 1 atom stereocenters. The number of rotatable bonds is 7. The van der Waals surface area contributed by atoms with E-state index in [0.29, 0.717) is 29.8 Å². The number of hydrogen-bond acceptors (Lipinski definition) is 5. The number of thiophene rings is 1. The number of benzene rings is 1. The van der Waals surface area contributed by atoms with Crippen molar-refractivity contribution in [2.24, 2.45) is 5.92 Å².